The van der Waals surface area contributed by atoms with Gasteiger partial charge in [0.15, 0.2) is 6.04 Å². The zero-order valence-electron chi connectivity index (χ0n) is 11.5. The number of carboxylic acid groups (broad SMARTS) is 1. The van der Waals surface area contributed by atoms with Crippen LogP contribution in [0.4, 0.5) is 0 Å². The molecule has 0 saturated carbocycles. The van der Waals surface area contributed by atoms with Crippen molar-refractivity contribution in [3.8, 4) is 5.69 Å². The van der Waals surface area contributed by atoms with Gasteiger partial charge in [-0.2, -0.15) is 0 Å². The summed E-state index contributed by atoms with van der Waals surface area (Å²) in [5.41, 5.74) is 0.997. The van der Waals surface area contributed by atoms with Gasteiger partial charge in [-0.15, -0.1) is 5.10 Å². The second-order valence-electron chi connectivity index (χ2n) is 4.73. The molecule has 0 bridgehead atoms. The molecule has 0 aliphatic carbocycles. The highest BCUT2D eigenvalue weighted by atomic mass is 16.5. The van der Waals surface area contributed by atoms with E-state index in [4.69, 9.17) is 4.74 Å². The van der Waals surface area contributed by atoms with Crippen LogP contribution in [0, 0.1) is 0 Å². The van der Waals surface area contributed by atoms with Crippen molar-refractivity contribution < 1.29 is 19.4 Å². The van der Waals surface area contributed by atoms with Gasteiger partial charge in [0.25, 0.3) is 5.91 Å². The lowest BCUT2D eigenvalue weighted by molar-refractivity contribution is -0.147. The number of hydrogen-bond acceptors (Lipinski definition) is 6. The molecule has 1 N–H and O–H groups in total. The molecule has 9 nitrogen and oxygen atoms in total. The lowest BCUT2D eigenvalue weighted by atomic mass is 10.1. The number of carbonyl (C=O) groups is 2. The second-order valence-corrected chi connectivity index (χ2v) is 4.73. The molecule has 1 saturated heterocycles. The molecule has 1 fully saturated rings. The van der Waals surface area contributed by atoms with Gasteiger partial charge < -0.3 is 14.7 Å². The van der Waals surface area contributed by atoms with Gasteiger partial charge >= 0.3 is 5.97 Å². The summed E-state index contributed by atoms with van der Waals surface area (Å²) in [4.78, 5) is 25.1. The number of carboxylic acids is 1. The minimum atomic E-state index is -1.08. The Morgan fingerprint density at radius 1 is 1.36 bits per heavy atom. The Kier molecular flexibility index (Phi) is 3.79. The van der Waals surface area contributed by atoms with E-state index in [1.807, 2.05) is 0 Å². The van der Waals surface area contributed by atoms with Crippen LogP contribution >= 0.6 is 0 Å². The Labute approximate surface area is 125 Å². The third-order valence-corrected chi connectivity index (χ3v) is 3.38. The molecule has 3 rings (SSSR count). The Hall–Kier alpha value is -2.81. The molecule has 0 spiro atoms. The van der Waals surface area contributed by atoms with Gasteiger partial charge in [0.2, 0.25) is 0 Å². The van der Waals surface area contributed by atoms with E-state index < -0.39 is 12.0 Å². The number of amides is 1. The monoisotopic (exact) mass is 303 g/mol. The van der Waals surface area contributed by atoms with Crippen molar-refractivity contribution in [3.63, 3.8) is 0 Å². The third-order valence-electron chi connectivity index (χ3n) is 3.38. The quantitative estimate of drug-likeness (QED) is 0.820. The molecule has 1 aromatic carbocycles. The highest BCUT2D eigenvalue weighted by Crippen LogP contribution is 2.15. The van der Waals surface area contributed by atoms with Crippen LogP contribution in [0.25, 0.3) is 5.69 Å². The zero-order valence-corrected chi connectivity index (χ0v) is 11.5. The molecular weight excluding hydrogens is 290 g/mol. The largest absolute Gasteiger partial charge is 0.480 e. The summed E-state index contributed by atoms with van der Waals surface area (Å²) in [6.45, 7) is 0.556. The van der Waals surface area contributed by atoms with Crippen LogP contribution in [0.5, 0.6) is 0 Å². The van der Waals surface area contributed by atoms with Crippen molar-refractivity contribution in [3.05, 3.63) is 36.2 Å². The molecule has 0 radical (unpaired) electrons. The van der Waals surface area contributed by atoms with Crippen LogP contribution in [-0.2, 0) is 9.53 Å². The van der Waals surface area contributed by atoms with Crippen molar-refractivity contribution in [1.29, 1.82) is 0 Å². The first-order chi connectivity index (χ1) is 10.7. The lowest BCUT2D eigenvalue weighted by Gasteiger charge is -2.32. The molecule has 22 heavy (non-hydrogen) atoms. The molecule has 114 valence electrons. The fourth-order valence-corrected chi connectivity index (χ4v) is 2.28. The van der Waals surface area contributed by atoms with Crippen LogP contribution in [0.3, 0.4) is 0 Å². The van der Waals surface area contributed by atoms with E-state index in [1.165, 1.54) is 15.9 Å². The predicted octanol–water partition coefficient (Wildman–Crippen LogP) is -0.412. The average Bonchev–Trinajstić information content (AvgIpc) is 3.09. The van der Waals surface area contributed by atoms with Crippen LogP contribution in [0.2, 0.25) is 0 Å². The Balaban J connectivity index is 1.88. The summed E-state index contributed by atoms with van der Waals surface area (Å²) in [7, 11) is 0. The van der Waals surface area contributed by atoms with E-state index in [1.54, 1.807) is 24.3 Å². The first kappa shape index (κ1) is 14.1. The van der Waals surface area contributed by atoms with Gasteiger partial charge in [-0.3, -0.25) is 4.79 Å². The molecule has 0 unspecified atom stereocenters. The van der Waals surface area contributed by atoms with E-state index in [0.29, 0.717) is 17.9 Å². The lowest BCUT2D eigenvalue weighted by Crippen LogP contribution is -2.52. The Morgan fingerprint density at radius 3 is 2.95 bits per heavy atom. The van der Waals surface area contributed by atoms with Crippen LogP contribution in [-0.4, -0.2) is 67.9 Å². The highest BCUT2D eigenvalue weighted by molar-refractivity contribution is 5.97. The number of rotatable bonds is 3. The topological polar surface area (TPSA) is 110 Å². The van der Waals surface area contributed by atoms with Gasteiger partial charge in [0, 0.05) is 12.1 Å². The number of ether oxygens (including phenoxy) is 1. The molecular formula is C13H13N5O4. The van der Waals surface area contributed by atoms with Crippen LogP contribution in [0.1, 0.15) is 10.4 Å². The first-order valence-electron chi connectivity index (χ1n) is 6.62. The minimum absolute atomic E-state index is 0.00619. The molecule has 1 aliphatic heterocycles. The zero-order chi connectivity index (χ0) is 15.5. The van der Waals surface area contributed by atoms with Gasteiger partial charge in [0.1, 0.15) is 6.33 Å². The fourth-order valence-electron chi connectivity index (χ4n) is 2.28. The summed E-state index contributed by atoms with van der Waals surface area (Å²) in [5, 5.41) is 20.0. The maximum absolute atomic E-state index is 12.6. The predicted molar refractivity (Wildman–Crippen MR) is 72.4 cm³/mol. The maximum atomic E-state index is 12.6. The van der Waals surface area contributed by atoms with Gasteiger partial charge in [0.05, 0.1) is 18.9 Å². The number of aromatic nitrogens is 4. The Morgan fingerprint density at radius 2 is 2.23 bits per heavy atom. The van der Waals surface area contributed by atoms with Gasteiger partial charge in [-0.25, -0.2) is 9.48 Å². The SMILES string of the molecule is O=C(O)[C@H]1COCCN1C(=O)c1cccc(-n2cnnn2)c1. The fraction of sp³-hybridized carbons (Fsp3) is 0.308. The third kappa shape index (κ3) is 2.66. The van der Waals surface area contributed by atoms with Crippen LogP contribution in [0.15, 0.2) is 30.6 Å². The van der Waals surface area contributed by atoms with Crippen molar-refractivity contribution >= 4 is 11.9 Å². The second kappa shape index (κ2) is 5.90. The van der Waals surface area contributed by atoms with E-state index >= 15 is 0 Å². The van der Waals surface area contributed by atoms with Crippen LogP contribution < -0.4 is 0 Å². The molecule has 1 atom stereocenters. The normalized spacial score (nSPS) is 18.2. The molecule has 1 aromatic heterocycles. The molecule has 9 heteroatoms. The number of carbonyl (C=O) groups excluding carboxylic acids is 1. The number of benzene rings is 1. The standard InChI is InChI=1S/C13H13N5O4/c19-12(17-4-5-22-7-11(17)13(20)21)9-2-1-3-10(6-9)18-8-14-15-16-18/h1-3,6,8,11H,4-5,7H2,(H,20,21)/t11-/m1/s1. The molecule has 2 aromatic rings. The number of nitrogens with zero attached hydrogens (tertiary/aromatic N) is 5. The first-order valence-corrected chi connectivity index (χ1v) is 6.62. The smallest absolute Gasteiger partial charge is 0.328 e. The van der Waals surface area contributed by atoms with Gasteiger partial charge in [-0.05, 0) is 28.6 Å². The number of morpholine rings is 1. The summed E-state index contributed by atoms with van der Waals surface area (Å²) >= 11 is 0. The Bertz CT molecular complexity index is 687. The summed E-state index contributed by atoms with van der Waals surface area (Å²) in [6, 6.07) is 5.72. The van der Waals surface area contributed by atoms with E-state index in [9.17, 15) is 14.7 Å². The van der Waals surface area contributed by atoms with Crippen molar-refractivity contribution in [2.45, 2.75) is 6.04 Å². The molecule has 1 aliphatic rings. The van der Waals surface area contributed by atoms with E-state index in [0.717, 1.165) is 0 Å². The summed E-state index contributed by atoms with van der Waals surface area (Å²) in [5.74, 6) is -1.43. The number of tetrazole rings is 1. The molecule has 1 amide bonds. The van der Waals surface area contributed by atoms with Gasteiger partial charge in [-0.1, -0.05) is 6.07 Å². The van der Waals surface area contributed by atoms with E-state index in [-0.39, 0.29) is 19.1 Å². The minimum Gasteiger partial charge on any atom is -0.480 e. The van der Waals surface area contributed by atoms with Crippen molar-refractivity contribution in [2.75, 3.05) is 19.8 Å². The maximum Gasteiger partial charge on any atom is 0.328 e. The van der Waals surface area contributed by atoms with Crippen molar-refractivity contribution in [2.24, 2.45) is 0 Å². The molecule has 2 heterocycles. The van der Waals surface area contributed by atoms with E-state index in [2.05, 4.69) is 15.5 Å². The highest BCUT2D eigenvalue weighted by Gasteiger charge is 2.33. The van der Waals surface area contributed by atoms with Crippen molar-refractivity contribution in [1.82, 2.24) is 25.1 Å². The average molecular weight is 303 g/mol. The number of hydrogen-bond donors (Lipinski definition) is 1. The summed E-state index contributed by atoms with van der Waals surface area (Å²) < 4.78 is 6.56. The number of aliphatic carboxylic acids is 1. The summed E-state index contributed by atoms with van der Waals surface area (Å²) in [6.07, 6.45) is 1.42.